The van der Waals surface area contributed by atoms with Gasteiger partial charge in [0.2, 0.25) is 0 Å². The number of aryl methyl sites for hydroxylation is 3. The van der Waals surface area contributed by atoms with Crippen molar-refractivity contribution < 1.29 is 5.11 Å². The fourth-order valence-corrected chi connectivity index (χ4v) is 8.21. The Hall–Kier alpha value is -6.33. The van der Waals surface area contributed by atoms with Crippen LogP contribution in [0, 0.1) is 20.8 Å². The molecule has 57 heavy (non-hydrogen) atoms. The number of benzene rings is 5. The maximum Gasteiger partial charge on any atom is 0.149 e. The lowest BCUT2D eigenvalue weighted by Crippen LogP contribution is -2.17. The molecule has 0 radical (unpaired) electrons. The summed E-state index contributed by atoms with van der Waals surface area (Å²) in [7, 11) is 0. The number of rotatable bonds is 6. The molecule has 0 aliphatic heterocycles. The van der Waals surface area contributed by atoms with Crippen LogP contribution in [-0.2, 0) is 10.8 Å². The maximum absolute atomic E-state index is 12.4. The molecule has 0 amide bonds. The molecule has 8 aromatic rings. The number of phenolic OH excluding ortho intramolecular Hbond substituents is 1. The number of phenols is 1. The molecule has 0 fully saturated rings. The summed E-state index contributed by atoms with van der Waals surface area (Å²) in [4.78, 5) is 15.4. The van der Waals surface area contributed by atoms with Crippen LogP contribution < -0.4 is 0 Å². The summed E-state index contributed by atoms with van der Waals surface area (Å²) >= 11 is 0. The zero-order valence-electron chi connectivity index (χ0n) is 34.4. The molecule has 5 nitrogen and oxygen atoms in total. The molecule has 5 aromatic carbocycles. The van der Waals surface area contributed by atoms with Crippen LogP contribution in [0.25, 0.3) is 72.9 Å². The first-order valence-corrected chi connectivity index (χ1v) is 19.7. The van der Waals surface area contributed by atoms with Crippen molar-refractivity contribution in [2.75, 3.05) is 0 Å². The summed E-state index contributed by atoms with van der Waals surface area (Å²) in [6, 6.07) is 42.4. The summed E-state index contributed by atoms with van der Waals surface area (Å²) in [5.74, 6) is 0.895. The van der Waals surface area contributed by atoms with Crippen LogP contribution in [0.4, 0.5) is 0 Å². The number of aromatic nitrogens is 4. The minimum atomic E-state index is -0.319. The predicted octanol–water partition coefficient (Wildman–Crippen LogP) is 13.4. The largest absolute Gasteiger partial charge is 0.507 e. The number of fused-ring (bicyclic) bond motifs is 1. The summed E-state index contributed by atoms with van der Waals surface area (Å²) < 4.78 is 2.22. The van der Waals surface area contributed by atoms with E-state index < -0.39 is 0 Å². The smallest absolute Gasteiger partial charge is 0.149 e. The molecular formula is C52H50N4O. The van der Waals surface area contributed by atoms with E-state index in [4.69, 9.17) is 15.0 Å². The van der Waals surface area contributed by atoms with Gasteiger partial charge in [0.15, 0.2) is 0 Å². The lowest BCUT2D eigenvalue weighted by atomic mass is 9.79. The van der Waals surface area contributed by atoms with E-state index in [1.165, 1.54) is 22.3 Å². The van der Waals surface area contributed by atoms with Crippen molar-refractivity contribution in [3.05, 3.63) is 162 Å². The van der Waals surface area contributed by atoms with Crippen molar-refractivity contribution in [2.45, 2.75) is 73.1 Å². The van der Waals surface area contributed by atoms with Gasteiger partial charge in [0.25, 0.3) is 0 Å². The quantitative estimate of drug-likeness (QED) is 0.184. The third-order valence-electron chi connectivity index (χ3n) is 11.0. The molecule has 8 rings (SSSR count). The fourth-order valence-electron chi connectivity index (χ4n) is 8.21. The van der Waals surface area contributed by atoms with Crippen molar-refractivity contribution >= 4 is 11.0 Å². The molecule has 0 aliphatic rings. The number of nitrogens with zero attached hydrogens (tertiary/aromatic N) is 4. The fraction of sp³-hybridized carbons (Fsp3) is 0.212. The Morgan fingerprint density at radius 2 is 1.23 bits per heavy atom. The van der Waals surface area contributed by atoms with Crippen LogP contribution in [-0.4, -0.2) is 24.6 Å². The molecule has 3 heterocycles. The second-order valence-corrected chi connectivity index (χ2v) is 17.4. The topological polar surface area (TPSA) is 63.8 Å². The minimum absolute atomic E-state index is 0.178. The molecule has 0 atom stereocenters. The molecule has 284 valence electrons. The molecular weight excluding hydrogens is 697 g/mol. The van der Waals surface area contributed by atoms with E-state index in [1.807, 2.05) is 36.7 Å². The van der Waals surface area contributed by atoms with Crippen molar-refractivity contribution in [1.82, 2.24) is 19.5 Å². The molecule has 3 aromatic heterocycles. The first-order chi connectivity index (χ1) is 27.2. The minimum Gasteiger partial charge on any atom is -0.507 e. The summed E-state index contributed by atoms with van der Waals surface area (Å²) in [5.41, 5.74) is 16.5. The van der Waals surface area contributed by atoms with Crippen molar-refractivity contribution in [3.8, 4) is 67.6 Å². The van der Waals surface area contributed by atoms with Crippen LogP contribution >= 0.6 is 0 Å². The Balaban J connectivity index is 1.48. The lowest BCUT2D eigenvalue weighted by Gasteiger charge is -2.27. The number of pyridine rings is 2. The number of hydrogen-bond donors (Lipinski definition) is 1. The molecule has 0 aliphatic carbocycles. The Bertz CT molecular complexity index is 2760. The third kappa shape index (κ3) is 7.03. The predicted molar refractivity (Wildman–Crippen MR) is 237 cm³/mol. The molecule has 0 unspecified atom stereocenters. The molecule has 0 spiro atoms. The van der Waals surface area contributed by atoms with Crippen LogP contribution in [0.1, 0.15) is 69.4 Å². The average Bonchev–Trinajstić information content (AvgIpc) is 3.57. The number of hydrogen-bond acceptors (Lipinski definition) is 4. The highest BCUT2D eigenvalue weighted by atomic mass is 16.3. The normalized spacial score (nSPS) is 12.0. The van der Waals surface area contributed by atoms with E-state index in [2.05, 4.69) is 164 Å². The van der Waals surface area contributed by atoms with Gasteiger partial charge < -0.3 is 5.11 Å². The van der Waals surface area contributed by atoms with Gasteiger partial charge in [-0.25, -0.2) is 4.98 Å². The Morgan fingerprint density at radius 3 is 1.91 bits per heavy atom. The highest BCUT2D eigenvalue weighted by molar-refractivity contribution is 5.97. The Labute approximate surface area is 336 Å². The number of imidazole rings is 1. The zero-order valence-corrected chi connectivity index (χ0v) is 34.4. The van der Waals surface area contributed by atoms with Crippen molar-refractivity contribution in [2.24, 2.45) is 0 Å². The van der Waals surface area contributed by atoms with Gasteiger partial charge in [-0.3, -0.25) is 14.5 Å². The van der Waals surface area contributed by atoms with Gasteiger partial charge in [-0.15, -0.1) is 0 Å². The first-order valence-electron chi connectivity index (χ1n) is 19.7. The van der Waals surface area contributed by atoms with Gasteiger partial charge >= 0.3 is 0 Å². The van der Waals surface area contributed by atoms with E-state index in [0.29, 0.717) is 11.4 Å². The van der Waals surface area contributed by atoms with Crippen LogP contribution in [0.2, 0.25) is 0 Å². The highest BCUT2D eigenvalue weighted by Gasteiger charge is 2.29. The first kappa shape index (κ1) is 37.6. The summed E-state index contributed by atoms with van der Waals surface area (Å²) in [6.07, 6.45) is 3.72. The van der Waals surface area contributed by atoms with Gasteiger partial charge in [-0.05, 0) is 114 Å². The Morgan fingerprint density at radius 1 is 0.561 bits per heavy atom. The second kappa shape index (κ2) is 14.3. The van der Waals surface area contributed by atoms with Gasteiger partial charge in [-0.1, -0.05) is 120 Å². The monoisotopic (exact) mass is 746 g/mol. The van der Waals surface area contributed by atoms with Crippen LogP contribution in [0.3, 0.4) is 0 Å². The van der Waals surface area contributed by atoms with Gasteiger partial charge in [0.05, 0.1) is 28.2 Å². The van der Waals surface area contributed by atoms with E-state index in [0.717, 1.165) is 67.1 Å². The average molecular weight is 747 g/mol. The van der Waals surface area contributed by atoms with Gasteiger partial charge in [0, 0.05) is 34.6 Å². The molecule has 5 heteroatoms. The maximum atomic E-state index is 12.4. The van der Waals surface area contributed by atoms with E-state index in [9.17, 15) is 5.11 Å². The van der Waals surface area contributed by atoms with Crippen LogP contribution in [0.15, 0.2) is 134 Å². The van der Waals surface area contributed by atoms with Crippen LogP contribution in [0.5, 0.6) is 5.75 Å². The molecule has 1 N–H and O–H groups in total. The summed E-state index contributed by atoms with van der Waals surface area (Å²) in [5, 5.41) is 12.4. The molecule has 0 saturated heterocycles. The second-order valence-electron chi connectivity index (χ2n) is 17.4. The number of para-hydroxylation sites is 1. The molecule has 0 bridgehead atoms. The van der Waals surface area contributed by atoms with Gasteiger partial charge in [0.1, 0.15) is 17.1 Å². The van der Waals surface area contributed by atoms with Crippen molar-refractivity contribution in [1.29, 1.82) is 0 Å². The summed E-state index contributed by atoms with van der Waals surface area (Å²) in [6.45, 7) is 19.6. The zero-order chi connectivity index (χ0) is 40.2. The van der Waals surface area contributed by atoms with E-state index >= 15 is 0 Å². The molecule has 0 saturated carbocycles. The SMILES string of the molecule is Cc1cc(C)c(-c2cc(-c3ccccn3)cc(-c3nccc4c3nc(-c3cc(C(C)(C)C)cc(C(C)(C)C)c3O)n4-c3ccccc3-c3ccccc3)c2)c(C)c1. The number of aromatic hydroxyl groups is 1. The van der Waals surface area contributed by atoms with Gasteiger partial charge in [-0.2, -0.15) is 0 Å². The third-order valence-corrected chi connectivity index (χ3v) is 11.0. The lowest BCUT2D eigenvalue weighted by molar-refractivity contribution is 0.446. The highest BCUT2D eigenvalue weighted by Crippen LogP contribution is 2.45. The standard InChI is InChI=1S/C52H50N4O/c1-32-25-33(2)46(34(3)26-32)37-27-36(43-20-15-16-23-53-43)28-38(29-37)47-48-45(22-24-54-47)56(44-21-14-13-19-40(44)35-17-11-10-12-18-35)50(55-48)41-30-39(51(4,5)6)31-42(49(41)57)52(7,8)9/h10-31,57H,1-9H3. The Kier molecular flexibility index (Phi) is 9.44. The van der Waals surface area contributed by atoms with E-state index in [-0.39, 0.29) is 16.6 Å². The van der Waals surface area contributed by atoms with Crippen molar-refractivity contribution in [3.63, 3.8) is 0 Å². The van der Waals surface area contributed by atoms with E-state index in [1.54, 1.807) is 0 Å².